The van der Waals surface area contributed by atoms with E-state index in [0.717, 1.165) is 0 Å². The molecule has 1 aliphatic carbocycles. The molecule has 0 spiro atoms. The topological polar surface area (TPSA) is 150 Å². The van der Waals surface area contributed by atoms with Crippen molar-refractivity contribution in [3.05, 3.63) is 66.0 Å². The van der Waals surface area contributed by atoms with Gasteiger partial charge in [0.2, 0.25) is 0 Å². The molecule has 5 rings (SSSR count). The van der Waals surface area contributed by atoms with E-state index in [-0.39, 0.29) is 27.6 Å². The Hall–Kier alpha value is -3.61. The number of hydrogen-bond donors (Lipinski definition) is 2. The van der Waals surface area contributed by atoms with Crippen LogP contribution in [0.15, 0.2) is 59.8 Å². The van der Waals surface area contributed by atoms with Crippen LogP contribution in [0.4, 0.5) is 5.82 Å². The first-order chi connectivity index (χ1) is 17.8. The van der Waals surface area contributed by atoms with Crippen LogP contribution < -0.4 is 5.32 Å². The molecule has 11 nitrogen and oxygen atoms in total. The maximum absolute atomic E-state index is 13.3. The minimum absolute atomic E-state index is 0.0495. The van der Waals surface area contributed by atoms with E-state index < -0.39 is 27.8 Å². The van der Waals surface area contributed by atoms with Gasteiger partial charge in [-0.3, -0.25) is 4.79 Å². The van der Waals surface area contributed by atoms with Crippen molar-refractivity contribution in [2.45, 2.75) is 48.0 Å². The number of aromatic carboxylic acids is 1. The molecule has 2 N–H and O–H groups in total. The Morgan fingerprint density at radius 2 is 1.78 bits per heavy atom. The van der Waals surface area contributed by atoms with Gasteiger partial charge < -0.3 is 19.9 Å². The Labute approximate surface area is 213 Å². The third-order valence-corrected chi connectivity index (χ3v) is 8.56. The Morgan fingerprint density at radius 1 is 1.05 bits per heavy atom. The van der Waals surface area contributed by atoms with Crippen molar-refractivity contribution in [3.8, 4) is 5.82 Å². The minimum Gasteiger partial charge on any atom is -0.478 e. The van der Waals surface area contributed by atoms with E-state index in [4.69, 9.17) is 14.6 Å². The zero-order valence-corrected chi connectivity index (χ0v) is 20.6. The first kappa shape index (κ1) is 25.1. The van der Waals surface area contributed by atoms with Crippen LogP contribution in [0.5, 0.6) is 0 Å². The molecule has 1 amide bonds. The first-order valence-electron chi connectivity index (χ1n) is 11.9. The Morgan fingerprint density at radius 3 is 2.41 bits per heavy atom. The molecule has 3 aromatic rings. The summed E-state index contributed by atoms with van der Waals surface area (Å²) in [5.74, 6) is -0.902. The quantitative estimate of drug-likeness (QED) is 0.429. The van der Waals surface area contributed by atoms with Crippen molar-refractivity contribution in [2.75, 3.05) is 18.5 Å². The highest BCUT2D eigenvalue weighted by molar-refractivity contribution is 7.92. The molecule has 2 aliphatic rings. The molecule has 0 radical (unpaired) electrons. The summed E-state index contributed by atoms with van der Waals surface area (Å²) in [5, 5.41) is 15.8. The summed E-state index contributed by atoms with van der Waals surface area (Å²) < 4.78 is 38.1. The zero-order chi connectivity index (χ0) is 26.0. The monoisotopic (exact) mass is 526 g/mol. The number of benzene rings is 1. The van der Waals surface area contributed by atoms with E-state index in [1.165, 1.54) is 35.1 Å². The number of carbonyl (C=O) groups is 2. The lowest BCUT2D eigenvalue weighted by atomic mass is 10.1. The van der Waals surface area contributed by atoms with Gasteiger partial charge in [-0.15, -0.1) is 5.10 Å². The van der Waals surface area contributed by atoms with Crippen LogP contribution in [0.25, 0.3) is 5.82 Å². The van der Waals surface area contributed by atoms with Gasteiger partial charge in [0, 0.05) is 31.7 Å². The third-order valence-electron chi connectivity index (χ3n) is 6.28. The number of sulfone groups is 1. The second-order valence-electron chi connectivity index (χ2n) is 8.99. The SMILES string of the molecule is O=C(O)c1ccc(-n2ccc(NC(=O)C(OC3CCOCC3)c3ccc(S(=O)(=O)C4CC4)cc3)n2)nc1. The summed E-state index contributed by atoms with van der Waals surface area (Å²) in [5.41, 5.74) is 0.581. The summed E-state index contributed by atoms with van der Waals surface area (Å²) in [4.78, 5) is 28.7. The number of ether oxygens (including phenoxy) is 2. The summed E-state index contributed by atoms with van der Waals surface area (Å²) in [6.45, 7) is 1.07. The molecular weight excluding hydrogens is 500 g/mol. The third kappa shape index (κ3) is 5.71. The molecule has 1 aliphatic heterocycles. The molecule has 194 valence electrons. The fraction of sp³-hybridized carbons (Fsp3) is 0.360. The van der Waals surface area contributed by atoms with E-state index in [9.17, 15) is 18.0 Å². The predicted octanol–water partition coefficient (Wildman–Crippen LogP) is 2.78. The Balaban J connectivity index is 1.34. The number of carboxylic acids is 1. The normalized spacial score (nSPS) is 17.3. The van der Waals surface area contributed by atoms with Gasteiger partial charge in [0.15, 0.2) is 27.6 Å². The molecule has 12 heteroatoms. The van der Waals surface area contributed by atoms with E-state index in [0.29, 0.717) is 50.3 Å². The lowest BCUT2D eigenvalue weighted by Gasteiger charge is -2.27. The number of carboxylic acid groups (broad SMARTS) is 1. The number of nitrogens with zero attached hydrogens (tertiary/aromatic N) is 3. The minimum atomic E-state index is -3.34. The van der Waals surface area contributed by atoms with Gasteiger partial charge in [-0.2, -0.15) is 0 Å². The van der Waals surface area contributed by atoms with E-state index >= 15 is 0 Å². The average molecular weight is 527 g/mol. The maximum Gasteiger partial charge on any atom is 0.337 e. The smallest absolute Gasteiger partial charge is 0.337 e. The van der Waals surface area contributed by atoms with Gasteiger partial charge in [-0.25, -0.2) is 22.9 Å². The molecule has 1 aromatic carbocycles. The highest BCUT2D eigenvalue weighted by atomic mass is 32.2. The summed E-state index contributed by atoms with van der Waals surface area (Å²) in [6.07, 6.45) is 4.27. The molecule has 1 saturated heterocycles. The van der Waals surface area contributed by atoms with Crippen LogP contribution in [0.2, 0.25) is 0 Å². The molecule has 37 heavy (non-hydrogen) atoms. The Bertz CT molecular complexity index is 1380. The maximum atomic E-state index is 13.3. The van der Waals surface area contributed by atoms with E-state index in [1.54, 1.807) is 24.4 Å². The van der Waals surface area contributed by atoms with Crippen LogP contribution in [0.1, 0.15) is 47.7 Å². The van der Waals surface area contributed by atoms with Gasteiger partial charge in [0.1, 0.15) is 0 Å². The van der Waals surface area contributed by atoms with Crippen molar-refractivity contribution in [3.63, 3.8) is 0 Å². The molecule has 2 aromatic heterocycles. The number of nitrogens with one attached hydrogen (secondary N) is 1. The van der Waals surface area contributed by atoms with Crippen molar-refractivity contribution in [1.82, 2.24) is 14.8 Å². The van der Waals surface area contributed by atoms with E-state index in [1.807, 2.05) is 0 Å². The number of hydrogen-bond acceptors (Lipinski definition) is 8. The zero-order valence-electron chi connectivity index (χ0n) is 19.8. The van der Waals surface area contributed by atoms with Crippen LogP contribution in [-0.4, -0.2) is 64.7 Å². The largest absolute Gasteiger partial charge is 0.478 e. The molecule has 1 atom stereocenters. The van der Waals surface area contributed by atoms with Gasteiger partial charge in [0.25, 0.3) is 5.91 Å². The van der Waals surface area contributed by atoms with E-state index in [2.05, 4.69) is 15.4 Å². The van der Waals surface area contributed by atoms with Gasteiger partial charge >= 0.3 is 5.97 Å². The fourth-order valence-corrected chi connectivity index (χ4v) is 5.71. The van der Waals surface area contributed by atoms with Crippen molar-refractivity contribution >= 4 is 27.5 Å². The lowest BCUT2D eigenvalue weighted by molar-refractivity contribution is -0.136. The number of rotatable bonds is 9. The summed E-state index contributed by atoms with van der Waals surface area (Å²) in [6, 6.07) is 10.8. The lowest BCUT2D eigenvalue weighted by Crippen LogP contribution is -2.31. The molecule has 0 bridgehead atoms. The molecule has 1 saturated carbocycles. The Kier molecular flexibility index (Phi) is 7.04. The molecule has 1 unspecified atom stereocenters. The van der Waals surface area contributed by atoms with Crippen molar-refractivity contribution < 1.29 is 32.6 Å². The van der Waals surface area contributed by atoms with Crippen LogP contribution >= 0.6 is 0 Å². The highest BCUT2D eigenvalue weighted by Gasteiger charge is 2.37. The summed E-state index contributed by atoms with van der Waals surface area (Å²) in [7, 11) is -3.34. The van der Waals surface area contributed by atoms with Crippen LogP contribution in [0, 0.1) is 0 Å². The van der Waals surface area contributed by atoms with Crippen molar-refractivity contribution in [2.24, 2.45) is 0 Å². The van der Waals surface area contributed by atoms with Gasteiger partial charge in [-0.1, -0.05) is 12.1 Å². The van der Waals surface area contributed by atoms with Gasteiger partial charge in [-0.05, 0) is 55.5 Å². The highest BCUT2D eigenvalue weighted by Crippen LogP contribution is 2.34. The predicted molar refractivity (Wildman–Crippen MR) is 131 cm³/mol. The second kappa shape index (κ2) is 10.4. The summed E-state index contributed by atoms with van der Waals surface area (Å²) >= 11 is 0. The van der Waals surface area contributed by atoms with Gasteiger partial charge in [0.05, 0.1) is 21.8 Å². The molecule has 3 heterocycles. The second-order valence-corrected chi connectivity index (χ2v) is 11.2. The number of anilines is 1. The molecular formula is C25H26N4O7S. The average Bonchev–Trinajstić information content (AvgIpc) is 3.68. The van der Waals surface area contributed by atoms with Crippen LogP contribution in [-0.2, 0) is 24.1 Å². The standard InChI is InChI=1S/C25H26N4O7S/c30-24(27-21-9-12-29(28-21)22-8-3-17(15-26-22)25(31)32)23(36-18-10-13-35-14-11-18)16-1-4-19(5-2-16)37(33,34)20-6-7-20/h1-5,8-9,12,15,18,20,23H,6-7,10-11,13-14H2,(H,31,32)(H,27,28,30). The van der Waals surface area contributed by atoms with Crippen molar-refractivity contribution in [1.29, 1.82) is 0 Å². The number of amides is 1. The number of carbonyl (C=O) groups excluding carboxylic acids is 1. The fourth-order valence-electron chi connectivity index (χ4n) is 4.06. The number of pyridine rings is 1. The van der Waals surface area contributed by atoms with Crippen LogP contribution in [0.3, 0.4) is 0 Å². The first-order valence-corrected chi connectivity index (χ1v) is 13.5. The molecule has 2 fully saturated rings. The number of aromatic nitrogens is 3.